The SMILES string of the molecule is CCN1CCC2(CC1)N=C(c1ccccc1)C(=S)N2C(=O)c1ccc(Cl)cc1. The second-order valence-corrected chi connectivity index (χ2v) is 8.02. The molecule has 0 aliphatic carbocycles. The van der Waals surface area contributed by atoms with Crippen molar-refractivity contribution < 1.29 is 4.79 Å². The Bertz CT molecular complexity index is 919. The summed E-state index contributed by atoms with van der Waals surface area (Å²) in [4.78, 5) is 23.2. The summed E-state index contributed by atoms with van der Waals surface area (Å²) in [7, 11) is 0. The number of nitrogens with zero attached hydrogens (tertiary/aromatic N) is 3. The van der Waals surface area contributed by atoms with E-state index in [1.165, 1.54) is 0 Å². The molecule has 2 aromatic carbocycles. The highest BCUT2D eigenvalue weighted by Crippen LogP contribution is 2.38. The molecule has 0 atom stereocenters. The number of carbonyl (C=O) groups excluding carboxylic acids is 1. The highest BCUT2D eigenvalue weighted by molar-refractivity contribution is 7.82. The summed E-state index contributed by atoms with van der Waals surface area (Å²) in [6.07, 6.45) is 1.55. The molecule has 1 amide bonds. The standard InChI is InChI=1S/C22H22ClN3OS/c1-2-25-14-12-22(13-15-25)24-19(16-6-4-3-5-7-16)21(28)26(22)20(27)17-8-10-18(23)11-9-17/h3-11H,2,12-15H2,1H3. The Morgan fingerprint density at radius 2 is 1.75 bits per heavy atom. The van der Waals surface area contributed by atoms with E-state index in [1.54, 1.807) is 29.2 Å². The average molecular weight is 412 g/mol. The number of likely N-dealkylation sites (tertiary alicyclic amines) is 1. The highest BCUT2D eigenvalue weighted by atomic mass is 35.5. The van der Waals surface area contributed by atoms with Gasteiger partial charge in [-0.3, -0.25) is 14.7 Å². The van der Waals surface area contributed by atoms with Crippen molar-refractivity contribution in [1.29, 1.82) is 0 Å². The molecule has 1 spiro atoms. The lowest BCUT2D eigenvalue weighted by molar-refractivity contribution is 0.0544. The number of hydrogen-bond acceptors (Lipinski definition) is 4. The van der Waals surface area contributed by atoms with Crippen molar-refractivity contribution >= 4 is 40.4 Å². The van der Waals surface area contributed by atoms with Gasteiger partial charge in [-0.2, -0.15) is 0 Å². The number of rotatable bonds is 3. The van der Waals surface area contributed by atoms with Crippen LogP contribution < -0.4 is 0 Å². The van der Waals surface area contributed by atoms with Gasteiger partial charge in [-0.25, -0.2) is 0 Å². The third kappa shape index (κ3) is 3.39. The summed E-state index contributed by atoms with van der Waals surface area (Å²) in [5, 5.41) is 0.604. The zero-order valence-corrected chi connectivity index (χ0v) is 17.3. The van der Waals surface area contributed by atoms with Gasteiger partial charge in [0, 0.05) is 42.1 Å². The topological polar surface area (TPSA) is 35.9 Å². The van der Waals surface area contributed by atoms with E-state index in [-0.39, 0.29) is 5.91 Å². The molecule has 4 nitrogen and oxygen atoms in total. The fourth-order valence-corrected chi connectivity index (χ4v) is 4.49. The van der Waals surface area contributed by atoms with Crippen LogP contribution >= 0.6 is 23.8 Å². The summed E-state index contributed by atoms with van der Waals surface area (Å²) >= 11 is 11.8. The van der Waals surface area contributed by atoms with E-state index in [0.29, 0.717) is 15.6 Å². The van der Waals surface area contributed by atoms with E-state index in [9.17, 15) is 4.79 Å². The summed E-state index contributed by atoms with van der Waals surface area (Å²) in [6, 6.07) is 16.9. The van der Waals surface area contributed by atoms with Gasteiger partial charge in [0.25, 0.3) is 5.91 Å². The number of benzene rings is 2. The van der Waals surface area contributed by atoms with Crippen molar-refractivity contribution in [3.63, 3.8) is 0 Å². The Morgan fingerprint density at radius 1 is 1.11 bits per heavy atom. The quantitative estimate of drug-likeness (QED) is 0.701. The van der Waals surface area contributed by atoms with Gasteiger partial charge >= 0.3 is 0 Å². The number of halogens is 1. The number of amides is 1. The lowest BCUT2D eigenvalue weighted by Crippen LogP contribution is -2.55. The Morgan fingerprint density at radius 3 is 2.36 bits per heavy atom. The molecular weight excluding hydrogens is 390 g/mol. The second-order valence-electron chi connectivity index (χ2n) is 7.20. The van der Waals surface area contributed by atoms with E-state index in [4.69, 9.17) is 28.8 Å². The van der Waals surface area contributed by atoms with Gasteiger partial charge in [0.2, 0.25) is 0 Å². The first-order valence-corrected chi connectivity index (χ1v) is 10.3. The van der Waals surface area contributed by atoms with Crippen molar-refractivity contribution in [3.8, 4) is 0 Å². The zero-order valence-electron chi connectivity index (χ0n) is 15.8. The molecular formula is C22H22ClN3OS. The third-order valence-corrected chi connectivity index (χ3v) is 6.22. The van der Waals surface area contributed by atoms with Crippen LogP contribution in [0.2, 0.25) is 5.02 Å². The van der Waals surface area contributed by atoms with Gasteiger partial charge in [0.1, 0.15) is 16.4 Å². The lowest BCUT2D eigenvalue weighted by atomic mass is 9.95. The number of carbonyl (C=O) groups is 1. The van der Waals surface area contributed by atoms with Crippen LogP contribution in [0.25, 0.3) is 0 Å². The lowest BCUT2D eigenvalue weighted by Gasteiger charge is -2.42. The highest BCUT2D eigenvalue weighted by Gasteiger charge is 2.49. The normalized spacial score (nSPS) is 19.1. The van der Waals surface area contributed by atoms with Gasteiger partial charge in [-0.1, -0.05) is 61.1 Å². The molecule has 0 bridgehead atoms. The molecule has 2 aromatic rings. The predicted octanol–water partition coefficient (Wildman–Crippen LogP) is 4.42. The molecule has 0 saturated carbocycles. The summed E-state index contributed by atoms with van der Waals surface area (Å²) in [5.74, 6) is -0.110. The fourth-order valence-electron chi connectivity index (χ4n) is 3.95. The van der Waals surface area contributed by atoms with Crippen LogP contribution in [0.5, 0.6) is 0 Å². The van der Waals surface area contributed by atoms with Crippen LogP contribution in [-0.4, -0.2) is 51.7 Å². The molecule has 2 heterocycles. The van der Waals surface area contributed by atoms with E-state index in [0.717, 1.165) is 43.8 Å². The van der Waals surface area contributed by atoms with Crippen molar-refractivity contribution in [3.05, 3.63) is 70.7 Å². The minimum absolute atomic E-state index is 0.110. The van der Waals surface area contributed by atoms with E-state index in [2.05, 4.69) is 11.8 Å². The molecule has 4 rings (SSSR count). The smallest absolute Gasteiger partial charge is 0.260 e. The van der Waals surface area contributed by atoms with Crippen LogP contribution in [0.3, 0.4) is 0 Å². The summed E-state index contributed by atoms with van der Waals surface area (Å²) in [6.45, 7) is 4.96. The minimum atomic E-state index is -0.607. The van der Waals surface area contributed by atoms with E-state index < -0.39 is 5.66 Å². The van der Waals surface area contributed by atoms with Crippen LogP contribution in [0.4, 0.5) is 0 Å². The zero-order chi connectivity index (χ0) is 19.7. The van der Waals surface area contributed by atoms with Crippen molar-refractivity contribution in [1.82, 2.24) is 9.80 Å². The average Bonchev–Trinajstić information content (AvgIpc) is 3.01. The van der Waals surface area contributed by atoms with Crippen LogP contribution in [0.15, 0.2) is 59.6 Å². The maximum Gasteiger partial charge on any atom is 0.260 e. The number of aliphatic imine (C=N–C) groups is 1. The molecule has 0 N–H and O–H groups in total. The van der Waals surface area contributed by atoms with Crippen LogP contribution in [0, 0.1) is 0 Å². The van der Waals surface area contributed by atoms with E-state index >= 15 is 0 Å². The Hall–Kier alpha value is -2.08. The van der Waals surface area contributed by atoms with Crippen molar-refractivity contribution in [2.45, 2.75) is 25.4 Å². The summed E-state index contributed by atoms with van der Waals surface area (Å²) in [5.41, 5.74) is 1.66. The first-order valence-electron chi connectivity index (χ1n) is 9.56. The van der Waals surface area contributed by atoms with Gasteiger partial charge < -0.3 is 4.90 Å². The molecule has 2 aliphatic heterocycles. The second kappa shape index (κ2) is 7.74. The third-order valence-electron chi connectivity index (χ3n) is 5.59. The number of piperidine rings is 1. The predicted molar refractivity (Wildman–Crippen MR) is 117 cm³/mol. The molecule has 0 radical (unpaired) electrons. The molecule has 144 valence electrons. The minimum Gasteiger partial charge on any atom is -0.303 e. The maximum absolute atomic E-state index is 13.5. The van der Waals surface area contributed by atoms with E-state index in [1.807, 2.05) is 30.3 Å². The van der Waals surface area contributed by atoms with Gasteiger partial charge in [0.05, 0.1) is 0 Å². The van der Waals surface area contributed by atoms with Gasteiger partial charge in [-0.05, 0) is 30.8 Å². The molecule has 0 aromatic heterocycles. The van der Waals surface area contributed by atoms with Gasteiger partial charge in [0.15, 0.2) is 0 Å². The largest absolute Gasteiger partial charge is 0.303 e. The Labute approximate surface area is 175 Å². The molecule has 2 aliphatic rings. The van der Waals surface area contributed by atoms with Crippen molar-refractivity contribution in [2.24, 2.45) is 4.99 Å². The van der Waals surface area contributed by atoms with Crippen LogP contribution in [-0.2, 0) is 0 Å². The summed E-state index contributed by atoms with van der Waals surface area (Å²) < 4.78 is 0. The molecule has 6 heteroatoms. The molecule has 1 saturated heterocycles. The fraction of sp³-hybridized carbons (Fsp3) is 0.318. The maximum atomic E-state index is 13.5. The number of hydrogen-bond donors (Lipinski definition) is 0. The molecule has 28 heavy (non-hydrogen) atoms. The number of thiocarbonyl (C=S) groups is 1. The first-order chi connectivity index (χ1) is 13.5. The Kier molecular flexibility index (Phi) is 5.32. The molecule has 0 unspecified atom stereocenters. The van der Waals surface area contributed by atoms with Crippen LogP contribution in [0.1, 0.15) is 35.7 Å². The van der Waals surface area contributed by atoms with Crippen molar-refractivity contribution in [2.75, 3.05) is 19.6 Å². The van der Waals surface area contributed by atoms with Gasteiger partial charge in [-0.15, -0.1) is 0 Å². The molecule has 1 fully saturated rings. The first kappa shape index (κ1) is 19.2. The monoisotopic (exact) mass is 411 g/mol. The Balaban J connectivity index is 1.74.